The second-order valence-corrected chi connectivity index (χ2v) is 11.4. The van der Waals surface area contributed by atoms with Gasteiger partial charge in [-0.3, -0.25) is 9.59 Å². The maximum atomic E-state index is 12.7. The number of nitrogens with one attached hydrogen (secondary N) is 2. The SMILES string of the molecule is COc1ccc(NC(=O)CCNC(=O)OC2CCC3C4CCc5cc(O)ccc5C4CCC23C)c(O)c1C(N)=O. The van der Waals surface area contributed by atoms with Gasteiger partial charge >= 0.3 is 6.09 Å². The number of alkyl carbamates (subject to hydrolysis) is 1. The zero-order valence-electron chi connectivity index (χ0n) is 22.9. The maximum Gasteiger partial charge on any atom is 0.407 e. The summed E-state index contributed by atoms with van der Waals surface area (Å²) < 4.78 is 10.9. The Balaban J connectivity index is 1.13. The normalized spacial score (nSPS) is 26.6. The lowest BCUT2D eigenvalue weighted by Crippen LogP contribution is -2.46. The molecule has 2 aromatic rings. The minimum atomic E-state index is -0.889. The summed E-state index contributed by atoms with van der Waals surface area (Å²) in [6, 6.07) is 8.61. The Morgan fingerprint density at radius 1 is 1.10 bits per heavy atom. The quantitative estimate of drug-likeness (QED) is 0.323. The molecule has 0 aromatic heterocycles. The number of phenols is 2. The summed E-state index contributed by atoms with van der Waals surface area (Å²) in [5, 5.41) is 25.5. The molecule has 0 bridgehead atoms. The number of rotatable bonds is 7. The fraction of sp³-hybridized carbons (Fsp3) is 0.500. The van der Waals surface area contributed by atoms with Gasteiger partial charge in [-0.1, -0.05) is 13.0 Å². The number of hydrogen-bond acceptors (Lipinski definition) is 7. The predicted molar refractivity (Wildman–Crippen MR) is 147 cm³/mol. The summed E-state index contributed by atoms with van der Waals surface area (Å²) in [4.78, 5) is 36.8. The van der Waals surface area contributed by atoms with Crippen molar-refractivity contribution in [3.05, 3.63) is 47.0 Å². The molecular formula is C30H37N3O7. The number of methoxy groups -OCH3 is 1. The average Bonchev–Trinajstić information content (AvgIpc) is 3.24. The van der Waals surface area contributed by atoms with Gasteiger partial charge in [-0.05, 0) is 91.7 Å². The molecule has 5 atom stereocenters. The van der Waals surface area contributed by atoms with Gasteiger partial charge < -0.3 is 36.1 Å². The molecule has 3 amide bonds. The number of phenolic OH excluding ortho intramolecular Hbond substituents is 1. The minimum Gasteiger partial charge on any atom is -0.508 e. The van der Waals surface area contributed by atoms with Crippen molar-refractivity contribution >= 4 is 23.6 Å². The standard InChI is InChI=1S/C30H37N3O7/c1-30-13-11-19-18-6-4-17(34)15-16(18)3-5-20(19)21(30)7-10-24(30)40-29(38)32-14-12-25(35)33-22-8-9-23(39-2)26(27(22)36)28(31)37/h4,6,8-9,15,19-21,24,34,36H,3,5,7,10-14H2,1-2H3,(H2,31,37)(H,32,38)(H,33,35). The lowest BCUT2D eigenvalue weighted by atomic mass is 9.55. The fourth-order valence-corrected chi connectivity index (χ4v) is 7.46. The van der Waals surface area contributed by atoms with Crippen LogP contribution in [0.5, 0.6) is 17.2 Å². The molecule has 5 rings (SSSR count). The van der Waals surface area contributed by atoms with Gasteiger partial charge in [0.25, 0.3) is 5.91 Å². The van der Waals surface area contributed by atoms with Crippen LogP contribution in [0.15, 0.2) is 30.3 Å². The number of benzene rings is 2. The molecule has 0 heterocycles. The Hall–Kier alpha value is -3.95. The van der Waals surface area contributed by atoms with Gasteiger partial charge in [-0.25, -0.2) is 4.79 Å². The molecule has 0 aliphatic heterocycles. The van der Waals surface area contributed by atoms with Crippen molar-refractivity contribution in [3.8, 4) is 17.2 Å². The molecule has 5 unspecified atom stereocenters. The monoisotopic (exact) mass is 551 g/mol. The molecule has 2 saturated carbocycles. The van der Waals surface area contributed by atoms with E-state index >= 15 is 0 Å². The zero-order chi connectivity index (χ0) is 28.6. The molecule has 0 radical (unpaired) electrons. The lowest BCUT2D eigenvalue weighted by Gasteiger charge is -2.50. The van der Waals surface area contributed by atoms with Crippen molar-refractivity contribution in [1.29, 1.82) is 0 Å². The van der Waals surface area contributed by atoms with Gasteiger partial charge in [0, 0.05) is 18.4 Å². The fourth-order valence-electron chi connectivity index (χ4n) is 7.46. The predicted octanol–water partition coefficient (Wildman–Crippen LogP) is 4.19. The molecule has 214 valence electrons. The van der Waals surface area contributed by atoms with Crippen LogP contribution in [0.1, 0.15) is 72.9 Å². The van der Waals surface area contributed by atoms with E-state index in [1.807, 2.05) is 6.07 Å². The topological polar surface area (TPSA) is 160 Å². The number of carbonyl (C=O) groups excluding carboxylic acids is 3. The van der Waals surface area contributed by atoms with Crippen LogP contribution < -0.4 is 21.1 Å². The number of ether oxygens (including phenoxy) is 2. The molecule has 2 fully saturated rings. The number of fused-ring (bicyclic) bond motifs is 5. The number of amides is 3. The number of aromatic hydroxyl groups is 2. The van der Waals surface area contributed by atoms with E-state index in [1.165, 1.54) is 30.4 Å². The third kappa shape index (κ3) is 5.02. The highest BCUT2D eigenvalue weighted by Gasteiger charge is 2.56. The summed E-state index contributed by atoms with van der Waals surface area (Å²) in [6.07, 6.45) is 5.10. The minimum absolute atomic E-state index is 0.0184. The summed E-state index contributed by atoms with van der Waals surface area (Å²) in [6.45, 7) is 2.30. The second kappa shape index (κ2) is 10.9. The van der Waals surface area contributed by atoms with Crippen LogP contribution in [-0.4, -0.2) is 47.9 Å². The highest BCUT2D eigenvalue weighted by Crippen LogP contribution is 2.61. The van der Waals surface area contributed by atoms with Crippen LogP contribution in [0, 0.1) is 17.3 Å². The molecule has 10 nitrogen and oxygen atoms in total. The molecule has 0 saturated heterocycles. The van der Waals surface area contributed by atoms with Crippen molar-refractivity contribution in [1.82, 2.24) is 5.32 Å². The van der Waals surface area contributed by atoms with Crippen LogP contribution in [0.25, 0.3) is 0 Å². The van der Waals surface area contributed by atoms with Gasteiger partial charge in [-0.15, -0.1) is 0 Å². The van der Waals surface area contributed by atoms with Crippen LogP contribution >= 0.6 is 0 Å². The summed E-state index contributed by atoms with van der Waals surface area (Å²) in [7, 11) is 1.34. The number of anilines is 1. The van der Waals surface area contributed by atoms with E-state index < -0.39 is 23.7 Å². The van der Waals surface area contributed by atoms with Crippen molar-refractivity contribution in [2.45, 2.75) is 63.9 Å². The number of carbonyl (C=O) groups is 3. The Morgan fingerprint density at radius 2 is 1.90 bits per heavy atom. The van der Waals surface area contributed by atoms with Crippen LogP contribution in [0.2, 0.25) is 0 Å². The first-order valence-electron chi connectivity index (χ1n) is 13.9. The molecule has 10 heteroatoms. The highest BCUT2D eigenvalue weighted by atomic mass is 16.6. The highest BCUT2D eigenvalue weighted by molar-refractivity contribution is 6.02. The van der Waals surface area contributed by atoms with Gasteiger partial charge in [0.05, 0.1) is 12.8 Å². The molecule has 0 spiro atoms. The number of primary amides is 1. The zero-order valence-corrected chi connectivity index (χ0v) is 22.9. The summed E-state index contributed by atoms with van der Waals surface area (Å²) in [5.74, 6) is 0.0840. The molecule has 3 aliphatic rings. The lowest BCUT2D eigenvalue weighted by molar-refractivity contribution is -0.116. The van der Waals surface area contributed by atoms with E-state index in [-0.39, 0.29) is 41.5 Å². The largest absolute Gasteiger partial charge is 0.508 e. The van der Waals surface area contributed by atoms with E-state index in [9.17, 15) is 24.6 Å². The maximum absolute atomic E-state index is 12.7. The summed E-state index contributed by atoms with van der Waals surface area (Å²) >= 11 is 0. The molecule has 3 aliphatic carbocycles. The Bertz CT molecular complexity index is 1330. The van der Waals surface area contributed by atoms with E-state index in [1.54, 1.807) is 6.07 Å². The van der Waals surface area contributed by atoms with Gasteiger partial charge in [0.2, 0.25) is 5.91 Å². The van der Waals surface area contributed by atoms with E-state index in [0.29, 0.717) is 23.5 Å². The molecular weight excluding hydrogens is 514 g/mol. The first kappa shape index (κ1) is 27.6. The third-order valence-electron chi connectivity index (χ3n) is 9.37. The first-order valence-corrected chi connectivity index (χ1v) is 13.9. The Kier molecular flexibility index (Phi) is 7.53. The smallest absolute Gasteiger partial charge is 0.407 e. The van der Waals surface area contributed by atoms with Crippen molar-refractivity contribution in [3.63, 3.8) is 0 Å². The summed E-state index contributed by atoms with van der Waals surface area (Å²) in [5.41, 5.74) is 7.64. The van der Waals surface area contributed by atoms with Crippen molar-refractivity contribution in [2.75, 3.05) is 19.0 Å². The Labute approximate surface area is 233 Å². The number of hydrogen-bond donors (Lipinski definition) is 5. The van der Waals surface area contributed by atoms with Crippen molar-refractivity contribution in [2.24, 2.45) is 23.0 Å². The average molecular weight is 552 g/mol. The van der Waals surface area contributed by atoms with Crippen LogP contribution in [0.3, 0.4) is 0 Å². The number of aryl methyl sites for hydroxylation is 1. The van der Waals surface area contributed by atoms with Crippen molar-refractivity contribution < 1.29 is 34.1 Å². The van der Waals surface area contributed by atoms with Gasteiger partial charge in [-0.2, -0.15) is 0 Å². The van der Waals surface area contributed by atoms with E-state index in [0.717, 1.165) is 38.5 Å². The van der Waals surface area contributed by atoms with E-state index in [2.05, 4.69) is 23.6 Å². The molecule has 2 aromatic carbocycles. The molecule has 40 heavy (non-hydrogen) atoms. The van der Waals surface area contributed by atoms with Crippen LogP contribution in [0.4, 0.5) is 10.5 Å². The second-order valence-electron chi connectivity index (χ2n) is 11.4. The number of nitrogens with two attached hydrogens (primary N) is 1. The Morgan fingerprint density at radius 3 is 2.65 bits per heavy atom. The van der Waals surface area contributed by atoms with Gasteiger partial charge in [0.15, 0.2) is 5.75 Å². The van der Waals surface area contributed by atoms with Crippen LogP contribution in [-0.2, 0) is 16.0 Å². The first-order chi connectivity index (χ1) is 19.1. The van der Waals surface area contributed by atoms with E-state index in [4.69, 9.17) is 15.2 Å². The van der Waals surface area contributed by atoms with Gasteiger partial charge in [0.1, 0.15) is 23.2 Å². The molecule has 6 N–H and O–H groups in total. The third-order valence-corrected chi connectivity index (χ3v) is 9.37.